The van der Waals surface area contributed by atoms with Crippen LogP contribution in [0.15, 0.2) is 47.8 Å². The van der Waals surface area contributed by atoms with Crippen LogP contribution in [0.2, 0.25) is 0 Å². The lowest BCUT2D eigenvalue weighted by molar-refractivity contribution is 0.923. The van der Waals surface area contributed by atoms with Crippen molar-refractivity contribution in [2.24, 2.45) is 5.73 Å². The van der Waals surface area contributed by atoms with Gasteiger partial charge in [0.2, 0.25) is 0 Å². The molecule has 3 N–H and O–H groups in total. The molecule has 0 radical (unpaired) electrons. The minimum absolute atomic E-state index is 0.102. The highest BCUT2D eigenvalue weighted by atomic mass is 32.2. The van der Waals surface area contributed by atoms with Gasteiger partial charge >= 0.3 is 0 Å². The Kier molecular flexibility index (Phi) is 4.52. The van der Waals surface area contributed by atoms with Crippen LogP contribution in [0.25, 0.3) is 0 Å². The Labute approximate surface area is 117 Å². The van der Waals surface area contributed by atoms with E-state index in [9.17, 15) is 0 Å². The molecule has 19 heavy (non-hydrogen) atoms. The van der Waals surface area contributed by atoms with Gasteiger partial charge in [-0.3, -0.25) is 5.41 Å². The number of nitrogens with one attached hydrogen (secondary N) is 1. The fourth-order valence-corrected chi connectivity index (χ4v) is 2.74. The van der Waals surface area contributed by atoms with Crippen molar-refractivity contribution in [2.45, 2.75) is 18.0 Å². The van der Waals surface area contributed by atoms with E-state index in [1.165, 1.54) is 11.8 Å². The molecule has 1 aromatic carbocycles. The van der Waals surface area contributed by atoms with Crippen LogP contribution in [-0.2, 0) is 0 Å². The minimum atomic E-state index is -0.102. The van der Waals surface area contributed by atoms with Gasteiger partial charge in [0.05, 0.1) is 11.8 Å². The zero-order valence-corrected chi connectivity index (χ0v) is 11.5. The van der Waals surface area contributed by atoms with Crippen LogP contribution < -0.4 is 5.73 Å². The Morgan fingerprint density at radius 2 is 2.05 bits per heavy atom. The smallest absolute Gasteiger partial charge is 0.187 e. The predicted octanol–water partition coefficient (Wildman–Crippen LogP) is 2.60. The third-order valence-corrected chi connectivity index (χ3v) is 3.68. The quantitative estimate of drug-likeness (QED) is 0.380. The molecule has 0 aliphatic heterocycles. The largest absolute Gasteiger partial charge is 0.387 e. The van der Waals surface area contributed by atoms with Crippen molar-refractivity contribution in [3.05, 3.63) is 53.9 Å². The van der Waals surface area contributed by atoms with E-state index in [1.54, 1.807) is 6.20 Å². The van der Waals surface area contributed by atoms with Crippen LogP contribution in [0.1, 0.15) is 17.2 Å². The van der Waals surface area contributed by atoms with Gasteiger partial charge in [0.15, 0.2) is 5.16 Å². The topological polar surface area (TPSA) is 75.7 Å². The summed E-state index contributed by atoms with van der Waals surface area (Å²) >= 11 is 1.52. The van der Waals surface area contributed by atoms with E-state index in [0.29, 0.717) is 5.75 Å². The second kappa shape index (κ2) is 6.33. The molecule has 0 saturated carbocycles. The number of thioether (sulfide) groups is 1. The Balaban J connectivity index is 2.08. The lowest BCUT2D eigenvalue weighted by Gasteiger charge is -2.14. The third kappa shape index (κ3) is 3.79. The van der Waals surface area contributed by atoms with Crippen molar-refractivity contribution in [2.75, 3.05) is 5.75 Å². The molecule has 0 bridgehead atoms. The number of hydrogen-bond acceptors (Lipinski definition) is 4. The first kappa shape index (κ1) is 13.5. The van der Waals surface area contributed by atoms with E-state index in [-0.39, 0.29) is 11.8 Å². The SMILES string of the molecule is Cc1ccnc(SCC(C(=N)N)c2ccccc2)n1. The van der Waals surface area contributed by atoms with Crippen LogP contribution >= 0.6 is 11.8 Å². The summed E-state index contributed by atoms with van der Waals surface area (Å²) in [5, 5.41) is 8.44. The van der Waals surface area contributed by atoms with Crippen LogP contribution in [0.3, 0.4) is 0 Å². The molecule has 1 atom stereocenters. The molecule has 0 aliphatic rings. The number of amidine groups is 1. The van der Waals surface area contributed by atoms with Gasteiger partial charge < -0.3 is 5.73 Å². The molecular formula is C14H16N4S. The number of aromatic nitrogens is 2. The number of hydrogen-bond donors (Lipinski definition) is 2. The first-order chi connectivity index (χ1) is 9.16. The maximum absolute atomic E-state index is 7.72. The Bertz CT molecular complexity index is 556. The lowest BCUT2D eigenvalue weighted by atomic mass is 10.0. The summed E-state index contributed by atoms with van der Waals surface area (Å²) in [6.07, 6.45) is 1.75. The van der Waals surface area contributed by atoms with E-state index in [1.807, 2.05) is 43.3 Å². The summed E-state index contributed by atoms with van der Waals surface area (Å²) in [5.41, 5.74) is 7.68. The van der Waals surface area contributed by atoms with Crippen molar-refractivity contribution in [1.29, 1.82) is 5.41 Å². The van der Waals surface area contributed by atoms with E-state index in [4.69, 9.17) is 11.1 Å². The summed E-state index contributed by atoms with van der Waals surface area (Å²) in [5.74, 6) is 0.740. The molecule has 98 valence electrons. The molecule has 2 rings (SSSR count). The van der Waals surface area contributed by atoms with Gasteiger partial charge in [-0.15, -0.1) is 0 Å². The molecule has 1 heterocycles. The summed E-state index contributed by atoms with van der Waals surface area (Å²) in [6.45, 7) is 1.94. The van der Waals surface area contributed by atoms with Gasteiger partial charge in [0.25, 0.3) is 0 Å². The van der Waals surface area contributed by atoms with Gasteiger partial charge in [-0.2, -0.15) is 0 Å². The molecule has 0 aliphatic carbocycles. The Morgan fingerprint density at radius 1 is 1.32 bits per heavy atom. The Hall–Kier alpha value is -1.88. The first-order valence-corrected chi connectivity index (χ1v) is 6.96. The zero-order chi connectivity index (χ0) is 13.7. The maximum Gasteiger partial charge on any atom is 0.187 e. The summed E-state index contributed by atoms with van der Waals surface area (Å²) in [4.78, 5) is 8.54. The van der Waals surface area contributed by atoms with E-state index in [2.05, 4.69) is 9.97 Å². The van der Waals surface area contributed by atoms with Crippen molar-refractivity contribution >= 4 is 17.6 Å². The Morgan fingerprint density at radius 3 is 2.68 bits per heavy atom. The number of rotatable bonds is 5. The second-order valence-corrected chi connectivity index (χ2v) is 5.20. The average molecular weight is 272 g/mol. The fraction of sp³-hybridized carbons (Fsp3) is 0.214. The molecule has 1 unspecified atom stereocenters. The van der Waals surface area contributed by atoms with Gasteiger partial charge in [0, 0.05) is 17.6 Å². The highest BCUT2D eigenvalue weighted by Crippen LogP contribution is 2.24. The normalized spacial score (nSPS) is 12.1. The molecule has 0 saturated heterocycles. The highest BCUT2D eigenvalue weighted by molar-refractivity contribution is 7.99. The van der Waals surface area contributed by atoms with Crippen LogP contribution in [0.5, 0.6) is 0 Å². The number of benzene rings is 1. The van der Waals surface area contributed by atoms with Crippen molar-refractivity contribution in [1.82, 2.24) is 9.97 Å². The van der Waals surface area contributed by atoms with Crippen LogP contribution in [-0.4, -0.2) is 21.6 Å². The third-order valence-electron chi connectivity index (χ3n) is 2.73. The lowest BCUT2D eigenvalue weighted by Crippen LogP contribution is -2.22. The molecule has 0 spiro atoms. The summed E-state index contributed by atoms with van der Waals surface area (Å²) < 4.78 is 0. The molecular weight excluding hydrogens is 256 g/mol. The number of nitrogens with two attached hydrogens (primary N) is 1. The van der Waals surface area contributed by atoms with Crippen molar-refractivity contribution in [3.63, 3.8) is 0 Å². The van der Waals surface area contributed by atoms with Gasteiger partial charge in [0.1, 0.15) is 0 Å². The maximum atomic E-state index is 7.72. The number of nitrogens with zero attached hydrogens (tertiary/aromatic N) is 2. The van der Waals surface area contributed by atoms with E-state index < -0.39 is 0 Å². The van der Waals surface area contributed by atoms with Crippen LogP contribution in [0, 0.1) is 12.3 Å². The second-order valence-electron chi connectivity index (χ2n) is 4.21. The zero-order valence-electron chi connectivity index (χ0n) is 10.7. The average Bonchev–Trinajstić information content (AvgIpc) is 2.40. The minimum Gasteiger partial charge on any atom is -0.387 e. The molecule has 4 nitrogen and oxygen atoms in total. The monoisotopic (exact) mass is 272 g/mol. The molecule has 5 heteroatoms. The van der Waals surface area contributed by atoms with Gasteiger partial charge in [-0.05, 0) is 18.6 Å². The van der Waals surface area contributed by atoms with Gasteiger partial charge in [-0.25, -0.2) is 9.97 Å². The van der Waals surface area contributed by atoms with Crippen molar-refractivity contribution in [3.8, 4) is 0 Å². The molecule has 1 aromatic heterocycles. The standard InChI is InChI=1S/C14H16N4S/c1-10-7-8-17-14(18-10)19-9-12(13(15)16)11-5-3-2-4-6-11/h2-8,12H,9H2,1H3,(H3,15,16). The highest BCUT2D eigenvalue weighted by Gasteiger charge is 2.15. The predicted molar refractivity (Wildman–Crippen MR) is 78.6 cm³/mol. The van der Waals surface area contributed by atoms with E-state index in [0.717, 1.165) is 16.4 Å². The summed E-state index contributed by atoms with van der Waals surface area (Å²) in [6, 6.07) is 11.7. The first-order valence-electron chi connectivity index (χ1n) is 5.98. The van der Waals surface area contributed by atoms with Crippen LogP contribution in [0.4, 0.5) is 0 Å². The fourth-order valence-electron chi connectivity index (χ4n) is 1.70. The summed E-state index contributed by atoms with van der Waals surface area (Å²) in [7, 11) is 0. The van der Waals surface area contributed by atoms with E-state index >= 15 is 0 Å². The molecule has 0 fully saturated rings. The van der Waals surface area contributed by atoms with Crippen molar-refractivity contribution < 1.29 is 0 Å². The number of aryl methyl sites for hydroxylation is 1. The van der Waals surface area contributed by atoms with Gasteiger partial charge in [-0.1, -0.05) is 42.1 Å². The molecule has 0 amide bonds. The molecule has 2 aromatic rings.